The molecule has 35 heavy (non-hydrogen) atoms. The lowest BCUT2D eigenvalue weighted by molar-refractivity contribution is 0.416. The van der Waals surface area contributed by atoms with Gasteiger partial charge >= 0.3 is 0 Å². The average molecular weight is 465 g/mol. The molecule has 2 saturated carbocycles. The van der Waals surface area contributed by atoms with Gasteiger partial charge in [0.25, 0.3) is 0 Å². The molecule has 0 radical (unpaired) electrons. The molecular formula is C32H32O3. The van der Waals surface area contributed by atoms with Gasteiger partial charge in [0.2, 0.25) is 0 Å². The predicted octanol–water partition coefficient (Wildman–Crippen LogP) is 9.40. The van der Waals surface area contributed by atoms with E-state index < -0.39 is 0 Å². The molecule has 0 spiro atoms. The van der Waals surface area contributed by atoms with Crippen molar-refractivity contribution in [3.8, 4) is 11.5 Å². The Hall–Kier alpha value is -3.20. The van der Waals surface area contributed by atoms with Crippen molar-refractivity contribution in [1.29, 1.82) is 0 Å². The number of hydrogen-bond acceptors (Lipinski definition) is 3. The standard InChI is InChI=1S/C32H32O3/c33-27-13-11-21-15-25-26-16-22-12-14-28(34)32(20-9-5-2-6-10-20)24(22)18-30(26)35-29(25)17-23(21)31(27)19-7-3-1-4-8-19/h11-20,33-34H,1-10H2. The minimum atomic E-state index is 0.415. The highest BCUT2D eigenvalue weighted by Gasteiger charge is 2.24. The molecule has 0 bridgehead atoms. The Labute approximate surface area is 205 Å². The summed E-state index contributed by atoms with van der Waals surface area (Å²) in [6.45, 7) is 0. The molecule has 1 heterocycles. The molecular weight excluding hydrogens is 432 g/mol. The zero-order valence-corrected chi connectivity index (χ0v) is 20.1. The van der Waals surface area contributed by atoms with Crippen LogP contribution in [-0.4, -0.2) is 10.2 Å². The van der Waals surface area contributed by atoms with E-state index in [4.69, 9.17) is 4.42 Å². The SMILES string of the molecule is Oc1ccc2cc3c(cc2c1C1CCCCC1)oc1cc2c(C4CCCCC4)c(O)ccc2cc13. The maximum atomic E-state index is 10.8. The van der Waals surface area contributed by atoms with Crippen molar-refractivity contribution in [2.75, 3.05) is 0 Å². The summed E-state index contributed by atoms with van der Waals surface area (Å²) in [5.41, 5.74) is 3.93. The van der Waals surface area contributed by atoms with E-state index in [2.05, 4.69) is 24.3 Å². The number of benzene rings is 4. The molecule has 2 N–H and O–H groups in total. The number of hydrogen-bond donors (Lipinski definition) is 2. The van der Waals surface area contributed by atoms with Crippen molar-refractivity contribution in [2.45, 2.75) is 76.0 Å². The van der Waals surface area contributed by atoms with Gasteiger partial charge in [0.15, 0.2) is 0 Å². The van der Waals surface area contributed by atoms with Crippen LogP contribution in [0.2, 0.25) is 0 Å². The highest BCUT2D eigenvalue weighted by Crippen LogP contribution is 2.45. The second kappa shape index (κ2) is 8.19. The number of phenols is 2. The molecule has 4 aromatic carbocycles. The van der Waals surface area contributed by atoms with Gasteiger partial charge in [0.05, 0.1) is 0 Å². The van der Waals surface area contributed by atoms with Crippen LogP contribution in [0.25, 0.3) is 43.5 Å². The summed E-state index contributed by atoms with van der Waals surface area (Å²) in [4.78, 5) is 0. The minimum absolute atomic E-state index is 0.415. The maximum Gasteiger partial charge on any atom is 0.136 e. The van der Waals surface area contributed by atoms with Crippen LogP contribution in [0.15, 0.2) is 52.9 Å². The first kappa shape index (κ1) is 21.1. The molecule has 0 aliphatic heterocycles. The summed E-state index contributed by atoms with van der Waals surface area (Å²) < 4.78 is 6.47. The monoisotopic (exact) mass is 464 g/mol. The van der Waals surface area contributed by atoms with E-state index in [1.54, 1.807) is 0 Å². The third-order valence-corrected chi connectivity index (χ3v) is 8.81. The predicted molar refractivity (Wildman–Crippen MR) is 144 cm³/mol. The summed E-state index contributed by atoms with van der Waals surface area (Å²) in [6.07, 6.45) is 12.1. The zero-order chi connectivity index (χ0) is 23.5. The zero-order valence-electron chi connectivity index (χ0n) is 20.1. The van der Waals surface area contributed by atoms with Crippen LogP contribution in [0.5, 0.6) is 11.5 Å². The topological polar surface area (TPSA) is 53.6 Å². The van der Waals surface area contributed by atoms with Gasteiger partial charge in [-0.15, -0.1) is 0 Å². The van der Waals surface area contributed by atoms with Crippen LogP contribution < -0.4 is 0 Å². The molecule has 3 nitrogen and oxygen atoms in total. The Balaban J connectivity index is 1.45. The van der Waals surface area contributed by atoms with E-state index in [0.29, 0.717) is 23.3 Å². The van der Waals surface area contributed by atoms with Crippen LogP contribution in [0.1, 0.15) is 87.2 Å². The molecule has 7 rings (SSSR count). The summed E-state index contributed by atoms with van der Waals surface area (Å²) >= 11 is 0. The molecule has 178 valence electrons. The van der Waals surface area contributed by atoms with E-state index in [1.165, 1.54) is 38.5 Å². The second-order valence-electron chi connectivity index (χ2n) is 10.9. The number of fused-ring (bicyclic) bond motifs is 5. The van der Waals surface area contributed by atoms with Gasteiger partial charge in [-0.2, -0.15) is 0 Å². The first-order valence-electron chi connectivity index (χ1n) is 13.4. The van der Waals surface area contributed by atoms with Crippen molar-refractivity contribution in [3.63, 3.8) is 0 Å². The Kier molecular flexibility index (Phi) is 4.94. The van der Waals surface area contributed by atoms with Crippen molar-refractivity contribution >= 4 is 43.5 Å². The fraction of sp³-hybridized carbons (Fsp3) is 0.375. The number of rotatable bonds is 2. The maximum absolute atomic E-state index is 10.8. The van der Waals surface area contributed by atoms with Crippen LogP contribution in [-0.2, 0) is 0 Å². The largest absolute Gasteiger partial charge is 0.508 e. The molecule has 0 amide bonds. The van der Waals surface area contributed by atoms with E-state index in [1.807, 2.05) is 24.3 Å². The van der Waals surface area contributed by atoms with Gasteiger partial charge in [-0.1, -0.05) is 50.7 Å². The van der Waals surface area contributed by atoms with Crippen LogP contribution in [0, 0.1) is 0 Å². The van der Waals surface area contributed by atoms with E-state index >= 15 is 0 Å². The van der Waals surface area contributed by atoms with Crippen molar-refractivity contribution in [1.82, 2.24) is 0 Å². The molecule has 3 heteroatoms. The lowest BCUT2D eigenvalue weighted by Crippen LogP contribution is -2.05. The highest BCUT2D eigenvalue weighted by atomic mass is 16.3. The van der Waals surface area contributed by atoms with Gasteiger partial charge in [-0.05, 0) is 95.5 Å². The second-order valence-corrected chi connectivity index (χ2v) is 10.9. The summed E-state index contributed by atoms with van der Waals surface area (Å²) in [5.74, 6) is 1.66. The third kappa shape index (κ3) is 3.39. The number of furan rings is 1. The Morgan fingerprint density at radius 2 is 0.943 bits per heavy atom. The van der Waals surface area contributed by atoms with Gasteiger partial charge in [-0.25, -0.2) is 0 Å². The molecule has 2 fully saturated rings. The van der Waals surface area contributed by atoms with Gasteiger partial charge in [0, 0.05) is 21.9 Å². The van der Waals surface area contributed by atoms with E-state index in [-0.39, 0.29) is 0 Å². The molecule has 0 atom stereocenters. The van der Waals surface area contributed by atoms with Gasteiger partial charge < -0.3 is 14.6 Å². The fourth-order valence-electron chi connectivity index (χ4n) is 7.08. The molecule has 1 aromatic heterocycles. The van der Waals surface area contributed by atoms with Crippen molar-refractivity contribution < 1.29 is 14.6 Å². The molecule has 0 unspecified atom stereocenters. The molecule has 2 aliphatic carbocycles. The van der Waals surface area contributed by atoms with Crippen molar-refractivity contribution in [2.24, 2.45) is 0 Å². The lowest BCUT2D eigenvalue weighted by Gasteiger charge is -2.24. The first-order valence-corrected chi connectivity index (χ1v) is 13.4. The number of phenolic OH excluding ortho intramolecular Hbond substituents is 2. The molecule has 0 saturated heterocycles. The Morgan fingerprint density at radius 1 is 0.514 bits per heavy atom. The van der Waals surface area contributed by atoms with Crippen molar-refractivity contribution in [3.05, 3.63) is 59.7 Å². The normalized spacial score (nSPS) is 18.3. The van der Waals surface area contributed by atoms with Crippen LogP contribution >= 0.6 is 0 Å². The molecule has 5 aromatic rings. The summed E-state index contributed by atoms with van der Waals surface area (Å²) in [7, 11) is 0. The first-order chi connectivity index (χ1) is 17.2. The molecule has 2 aliphatic rings. The summed E-state index contributed by atoms with van der Waals surface area (Å²) in [6, 6.07) is 16.6. The number of aromatic hydroxyl groups is 2. The van der Waals surface area contributed by atoms with Gasteiger partial charge in [-0.3, -0.25) is 0 Å². The third-order valence-electron chi connectivity index (χ3n) is 8.81. The van der Waals surface area contributed by atoms with Crippen LogP contribution in [0.3, 0.4) is 0 Å². The minimum Gasteiger partial charge on any atom is -0.508 e. The smallest absolute Gasteiger partial charge is 0.136 e. The highest BCUT2D eigenvalue weighted by molar-refractivity contribution is 6.14. The Bertz CT molecular complexity index is 1460. The Morgan fingerprint density at radius 3 is 1.37 bits per heavy atom. The van der Waals surface area contributed by atoms with E-state index in [0.717, 1.165) is 80.3 Å². The van der Waals surface area contributed by atoms with E-state index in [9.17, 15) is 10.2 Å². The average Bonchev–Trinajstić information content (AvgIpc) is 3.23. The summed E-state index contributed by atoms with van der Waals surface area (Å²) in [5, 5.41) is 28.4. The fourth-order valence-corrected chi connectivity index (χ4v) is 7.08. The lowest BCUT2D eigenvalue weighted by atomic mass is 9.81. The van der Waals surface area contributed by atoms with Gasteiger partial charge in [0.1, 0.15) is 22.7 Å². The quantitative estimate of drug-likeness (QED) is 0.273. The van der Waals surface area contributed by atoms with Crippen LogP contribution in [0.4, 0.5) is 0 Å².